The molecule has 0 saturated carbocycles. The maximum absolute atomic E-state index is 9.42. The normalized spacial score (nSPS) is 23.2. The van der Waals surface area contributed by atoms with Crippen LogP contribution >= 0.6 is 24.0 Å². The third kappa shape index (κ3) is 3.49. The number of thiocarbonyl (C=S) groups is 1. The van der Waals surface area contributed by atoms with Crippen molar-refractivity contribution in [3.63, 3.8) is 0 Å². The van der Waals surface area contributed by atoms with Crippen molar-refractivity contribution in [2.45, 2.75) is 25.0 Å². The summed E-state index contributed by atoms with van der Waals surface area (Å²) in [5, 5.41) is 9.60. The molecule has 1 saturated heterocycles. The molecular weight excluding hydrogens is 272 g/mol. The Balaban J connectivity index is 2.12. The number of rotatable bonds is 4. The van der Waals surface area contributed by atoms with Gasteiger partial charge in [-0.05, 0) is 12.0 Å². The zero-order valence-electron chi connectivity index (χ0n) is 11.1. The summed E-state index contributed by atoms with van der Waals surface area (Å²) in [5.41, 5.74) is 1.21. The lowest BCUT2D eigenvalue weighted by molar-refractivity contribution is 0.366. The lowest BCUT2D eigenvalue weighted by atomic mass is 9.99. The first-order valence-corrected chi connectivity index (χ1v) is 7.95. The van der Waals surface area contributed by atoms with E-state index in [0.29, 0.717) is 0 Å². The average molecular weight is 290 g/mol. The molecule has 4 heteroatoms. The highest BCUT2D eigenvalue weighted by Gasteiger charge is 2.33. The standard InChI is InChI=1S/C15H18N2S2/c1-2-3-9-17-11-13(10-16)14(19-15(17)18)12-7-5-4-6-8-12/h4-8,13-14H,2-3,9,11H2,1H3/t13-,14-/m1/s1. The molecular formula is C15H18N2S2. The van der Waals surface area contributed by atoms with Gasteiger partial charge in [-0.2, -0.15) is 5.26 Å². The summed E-state index contributed by atoms with van der Waals surface area (Å²) in [6.45, 7) is 3.92. The Morgan fingerprint density at radius 3 is 2.79 bits per heavy atom. The minimum atomic E-state index is 0.0101. The van der Waals surface area contributed by atoms with Crippen LogP contribution in [0.1, 0.15) is 30.6 Å². The second-order valence-corrected chi connectivity index (χ2v) is 6.53. The number of nitriles is 1. The monoisotopic (exact) mass is 290 g/mol. The molecule has 0 spiro atoms. The minimum Gasteiger partial charge on any atom is -0.356 e. The smallest absolute Gasteiger partial charge is 0.137 e. The molecule has 1 aliphatic rings. The lowest BCUT2D eigenvalue weighted by Crippen LogP contribution is -2.39. The van der Waals surface area contributed by atoms with E-state index >= 15 is 0 Å². The van der Waals surface area contributed by atoms with Crippen LogP contribution in [0.3, 0.4) is 0 Å². The minimum absolute atomic E-state index is 0.0101. The first kappa shape index (κ1) is 14.4. The number of hydrogen-bond acceptors (Lipinski definition) is 3. The third-order valence-corrected chi connectivity index (χ3v) is 5.21. The van der Waals surface area contributed by atoms with Gasteiger partial charge in [0.25, 0.3) is 0 Å². The van der Waals surface area contributed by atoms with Crippen LogP contribution in [0.2, 0.25) is 0 Å². The quantitative estimate of drug-likeness (QED) is 0.783. The second kappa shape index (κ2) is 6.93. The Kier molecular flexibility index (Phi) is 5.24. The van der Waals surface area contributed by atoms with E-state index in [1.807, 2.05) is 18.2 Å². The molecule has 1 aromatic rings. The number of nitrogens with zero attached hydrogens (tertiary/aromatic N) is 2. The van der Waals surface area contributed by atoms with E-state index in [9.17, 15) is 5.26 Å². The van der Waals surface area contributed by atoms with Gasteiger partial charge in [0.15, 0.2) is 0 Å². The zero-order chi connectivity index (χ0) is 13.7. The fourth-order valence-corrected chi connectivity index (χ4v) is 3.87. The van der Waals surface area contributed by atoms with Crippen molar-refractivity contribution in [1.82, 2.24) is 4.90 Å². The molecule has 2 nitrogen and oxygen atoms in total. The van der Waals surface area contributed by atoms with Gasteiger partial charge in [-0.15, -0.1) is 0 Å². The summed E-state index contributed by atoms with van der Waals surface area (Å²) in [6, 6.07) is 12.7. The maximum atomic E-state index is 9.42. The largest absolute Gasteiger partial charge is 0.356 e. The lowest BCUT2D eigenvalue weighted by Gasteiger charge is -2.36. The summed E-state index contributed by atoms with van der Waals surface area (Å²) in [5.74, 6) is 0.0101. The van der Waals surface area contributed by atoms with E-state index in [0.717, 1.165) is 30.3 Å². The van der Waals surface area contributed by atoms with Crippen LogP contribution in [0.15, 0.2) is 30.3 Å². The average Bonchev–Trinajstić information content (AvgIpc) is 2.46. The van der Waals surface area contributed by atoms with Crippen molar-refractivity contribution in [1.29, 1.82) is 5.26 Å². The summed E-state index contributed by atoms with van der Waals surface area (Å²) in [7, 11) is 0. The van der Waals surface area contributed by atoms with Gasteiger partial charge < -0.3 is 4.90 Å². The predicted octanol–water partition coefficient (Wildman–Crippen LogP) is 4.00. The summed E-state index contributed by atoms with van der Waals surface area (Å²) < 4.78 is 0.939. The van der Waals surface area contributed by atoms with E-state index in [-0.39, 0.29) is 11.2 Å². The highest BCUT2D eigenvalue weighted by molar-refractivity contribution is 8.23. The Bertz CT molecular complexity index is 467. The number of thioether (sulfide) groups is 1. The van der Waals surface area contributed by atoms with Gasteiger partial charge >= 0.3 is 0 Å². The molecule has 1 heterocycles. The molecule has 0 aliphatic carbocycles. The SMILES string of the molecule is CCCCN1C[C@@H](C#N)[C@@H](c2ccccc2)SC1=S. The van der Waals surface area contributed by atoms with E-state index in [1.165, 1.54) is 5.56 Å². The topological polar surface area (TPSA) is 27.0 Å². The van der Waals surface area contributed by atoms with Crippen molar-refractivity contribution in [3.8, 4) is 6.07 Å². The molecule has 1 aliphatic heterocycles. The molecule has 1 aromatic carbocycles. The summed E-state index contributed by atoms with van der Waals surface area (Å²) in [4.78, 5) is 2.19. The van der Waals surface area contributed by atoms with E-state index < -0.39 is 0 Å². The van der Waals surface area contributed by atoms with Gasteiger partial charge in [0.2, 0.25) is 0 Å². The Morgan fingerprint density at radius 2 is 2.16 bits per heavy atom. The molecule has 0 N–H and O–H groups in total. The molecule has 2 rings (SSSR count). The summed E-state index contributed by atoms with van der Waals surface area (Å²) >= 11 is 7.16. The molecule has 1 fully saturated rings. The third-order valence-electron chi connectivity index (χ3n) is 3.34. The van der Waals surface area contributed by atoms with Crippen LogP contribution in [0, 0.1) is 17.2 Å². The first-order valence-electron chi connectivity index (χ1n) is 6.66. The van der Waals surface area contributed by atoms with Gasteiger partial charge in [0.05, 0.1) is 17.2 Å². The molecule has 0 aromatic heterocycles. The van der Waals surface area contributed by atoms with E-state index in [2.05, 4.69) is 30.0 Å². The number of benzene rings is 1. The van der Waals surface area contributed by atoms with Crippen LogP contribution in [-0.4, -0.2) is 22.3 Å². The fourth-order valence-electron chi connectivity index (χ4n) is 2.26. The zero-order valence-corrected chi connectivity index (χ0v) is 12.7. The Hall–Kier alpha value is -1.05. The molecule has 0 unspecified atom stereocenters. The highest BCUT2D eigenvalue weighted by atomic mass is 32.2. The van der Waals surface area contributed by atoms with Crippen molar-refractivity contribution in [3.05, 3.63) is 35.9 Å². The Morgan fingerprint density at radius 1 is 1.42 bits per heavy atom. The number of hydrogen-bond donors (Lipinski definition) is 0. The van der Waals surface area contributed by atoms with Gasteiger partial charge in [-0.25, -0.2) is 0 Å². The molecule has 0 radical (unpaired) electrons. The fraction of sp³-hybridized carbons (Fsp3) is 0.467. The second-order valence-electron chi connectivity index (χ2n) is 4.75. The maximum Gasteiger partial charge on any atom is 0.137 e. The van der Waals surface area contributed by atoms with Crippen molar-refractivity contribution >= 4 is 28.3 Å². The van der Waals surface area contributed by atoms with Gasteiger partial charge in [0.1, 0.15) is 4.32 Å². The molecule has 19 heavy (non-hydrogen) atoms. The molecule has 2 atom stereocenters. The number of unbranched alkanes of at least 4 members (excludes halogenated alkanes) is 1. The van der Waals surface area contributed by atoms with Crippen molar-refractivity contribution in [2.75, 3.05) is 13.1 Å². The van der Waals surface area contributed by atoms with Crippen LogP contribution < -0.4 is 0 Å². The first-order chi connectivity index (χ1) is 9.26. The van der Waals surface area contributed by atoms with Crippen LogP contribution in [0.25, 0.3) is 0 Å². The highest BCUT2D eigenvalue weighted by Crippen LogP contribution is 2.41. The van der Waals surface area contributed by atoms with Crippen molar-refractivity contribution in [2.24, 2.45) is 5.92 Å². The molecule has 100 valence electrons. The Labute approximate surface area is 124 Å². The van der Waals surface area contributed by atoms with Gasteiger partial charge in [0, 0.05) is 13.1 Å². The van der Waals surface area contributed by atoms with Crippen molar-refractivity contribution < 1.29 is 0 Å². The van der Waals surface area contributed by atoms with Crippen LogP contribution in [0.5, 0.6) is 0 Å². The van der Waals surface area contributed by atoms with E-state index in [4.69, 9.17) is 12.2 Å². The van der Waals surface area contributed by atoms with Gasteiger partial charge in [-0.1, -0.05) is 67.7 Å². The molecule has 0 amide bonds. The van der Waals surface area contributed by atoms with Crippen LogP contribution in [0.4, 0.5) is 0 Å². The van der Waals surface area contributed by atoms with Crippen LogP contribution in [-0.2, 0) is 0 Å². The van der Waals surface area contributed by atoms with E-state index in [1.54, 1.807) is 11.8 Å². The van der Waals surface area contributed by atoms with Gasteiger partial charge in [-0.3, -0.25) is 0 Å². The molecule has 0 bridgehead atoms. The summed E-state index contributed by atoms with van der Waals surface area (Å²) in [6.07, 6.45) is 2.29. The predicted molar refractivity (Wildman–Crippen MR) is 85.0 cm³/mol.